The van der Waals surface area contributed by atoms with Crippen molar-refractivity contribution in [1.29, 1.82) is 0 Å². The van der Waals surface area contributed by atoms with E-state index in [-0.39, 0.29) is 18.2 Å². The van der Waals surface area contributed by atoms with Crippen LogP contribution in [0.1, 0.15) is 11.1 Å². The fourth-order valence-electron chi connectivity index (χ4n) is 1.05. The summed E-state index contributed by atoms with van der Waals surface area (Å²) in [6, 6.07) is 4.78. The van der Waals surface area contributed by atoms with Gasteiger partial charge in [-0.05, 0) is 17.2 Å². The van der Waals surface area contributed by atoms with Crippen molar-refractivity contribution < 1.29 is 4.39 Å². The minimum atomic E-state index is -0.323. The van der Waals surface area contributed by atoms with Gasteiger partial charge in [0, 0.05) is 17.0 Å². The summed E-state index contributed by atoms with van der Waals surface area (Å²) in [4.78, 5) is 2.59. The Morgan fingerprint density at radius 2 is 2.33 bits per heavy atom. The fourth-order valence-corrected chi connectivity index (χ4v) is 1.26. The molecule has 0 atom stereocenters. The second-order valence-electron chi connectivity index (χ2n) is 2.80. The van der Waals surface area contributed by atoms with Crippen LogP contribution < -0.4 is 0 Å². The van der Waals surface area contributed by atoms with Gasteiger partial charge in [0.1, 0.15) is 5.82 Å². The van der Waals surface area contributed by atoms with Gasteiger partial charge in [0.25, 0.3) is 0 Å². The van der Waals surface area contributed by atoms with Gasteiger partial charge in [0.15, 0.2) is 0 Å². The summed E-state index contributed by atoms with van der Waals surface area (Å²) in [5, 5.41) is 3.32. The van der Waals surface area contributed by atoms with E-state index >= 15 is 0 Å². The number of hydrogen-bond acceptors (Lipinski definition) is 1. The van der Waals surface area contributed by atoms with Crippen LogP contribution in [0.2, 0.25) is 0 Å². The zero-order valence-electron chi connectivity index (χ0n) is 7.90. The molecule has 0 aliphatic heterocycles. The lowest BCUT2D eigenvalue weighted by atomic mass is 10.1. The van der Waals surface area contributed by atoms with Crippen molar-refractivity contribution in [3.8, 4) is 0 Å². The summed E-state index contributed by atoms with van der Waals surface area (Å²) < 4.78 is 13.2. The lowest BCUT2D eigenvalue weighted by molar-refractivity contribution is 0.616. The molecule has 0 aromatic heterocycles. The first kappa shape index (κ1) is 11.6. The van der Waals surface area contributed by atoms with Crippen LogP contribution in [0.3, 0.4) is 0 Å². The molecule has 0 saturated carbocycles. The van der Waals surface area contributed by atoms with E-state index in [0.29, 0.717) is 5.56 Å². The van der Waals surface area contributed by atoms with Crippen molar-refractivity contribution in [2.75, 3.05) is 6.54 Å². The SMILES string of the molecule is [N-]=[N+]=NCC=Cc1ccc(CCl)c(F)c1. The first-order valence-corrected chi connectivity index (χ1v) is 4.83. The van der Waals surface area contributed by atoms with Crippen molar-refractivity contribution >= 4 is 17.7 Å². The van der Waals surface area contributed by atoms with Crippen LogP contribution >= 0.6 is 11.6 Å². The average Bonchev–Trinajstić information content (AvgIpc) is 2.25. The number of nitrogens with zero attached hydrogens (tertiary/aromatic N) is 3. The van der Waals surface area contributed by atoms with Gasteiger partial charge in [-0.25, -0.2) is 4.39 Å². The van der Waals surface area contributed by atoms with Crippen LogP contribution in [0.5, 0.6) is 0 Å². The highest BCUT2D eigenvalue weighted by molar-refractivity contribution is 6.17. The normalized spacial score (nSPS) is 10.3. The molecule has 0 saturated heterocycles. The highest BCUT2D eigenvalue weighted by atomic mass is 35.5. The van der Waals surface area contributed by atoms with Crippen LogP contribution in [-0.4, -0.2) is 6.54 Å². The predicted octanol–water partition coefficient (Wildman–Crippen LogP) is 3.89. The largest absolute Gasteiger partial charge is 0.207 e. The molecule has 0 aliphatic carbocycles. The van der Waals surface area contributed by atoms with E-state index in [4.69, 9.17) is 17.1 Å². The number of halogens is 2. The second-order valence-corrected chi connectivity index (χ2v) is 3.07. The van der Waals surface area contributed by atoms with Crippen LogP contribution in [-0.2, 0) is 5.88 Å². The standard InChI is InChI=1S/C10H9ClFN3/c11-7-9-4-3-8(6-10(9)12)2-1-5-14-15-13/h1-4,6H,5,7H2. The van der Waals surface area contributed by atoms with Crippen LogP contribution in [0.4, 0.5) is 4.39 Å². The third-order valence-corrected chi connectivity index (χ3v) is 2.07. The minimum absolute atomic E-state index is 0.161. The highest BCUT2D eigenvalue weighted by Gasteiger charge is 1.99. The average molecular weight is 226 g/mol. The summed E-state index contributed by atoms with van der Waals surface area (Å²) in [5.41, 5.74) is 9.22. The maximum absolute atomic E-state index is 13.2. The summed E-state index contributed by atoms with van der Waals surface area (Å²) in [5.74, 6) is -0.162. The van der Waals surface area contributed by atoms with Crippen molar-refractivity contribution in [2.45, 2.75) is 5.88 Å². The molecule has 1 rings (SSSR count). The maximum Gasteiger partial charge on any atom is 0.128 e. The predicted molar refractivity (Wildman–Crippen MR) is 59.0 cm³/mol. The smallest absolute Gasteiger partial charge is 0.128 e. The first-order chi connectivity index (χ1) is 7.27. The molecule has 0 N–H and O–H groups in total. The Balaban J connectivity index is 2.75. The van der Waals surface area contributed by atoms with Crippen molar-refractivity contribution in [2.24, 2.45) is 5.11 Å². The van der Waals surface area contributed by atoms with Crippen LogP contribution in [0, 0.1) is 5.82 Å². The van der Waals surface area contributed by atoms with E-state index in [9.17, 15) is 4.39 Å². The molecule has 1 aromatic carbocycles. The summed E-state index contributed by atoms with van der Waals surface area (Å²) in [6.45, 7) is 0.259. The maximum atomic E-state index is 13.2. The van der Waals surface area contributed by atoms with Gasteiger partial charge >= 0.3 is 0 Å². The van der Waals surface area contributed by atoms with Crippen molar-refractivity contribution in [1.82, 2.24) is 0 Å². The van der Waals surface area contributed by atoms with E-state index in [0.717, 1.165) is 5.56 Å². The highest BCUT2D eigenvalue weighted by Crippen LogP contribution is 2.13. The topological polar surface area (TPSA) is 48.8 Å². The van der Waals surface area contributed by atoms with Crippen LogP contribution in [0.25, 0.3) is 16.5 Å². The van der Waals surface area contributed by atoms with Gasteiger partial charge in [-0.15, -0.1) is 11.6 Å². The van der Waals surface area contributed by atoms with Gasteiger partial charge in [-0.1, -0.05) is 29.4 Å². The molecule has 0 radical (unpaired) electrons. The molecule has 0 fully saturated rings. The fraction of sp³-hybridized carbons (Fsp3) is 0.200. The Labute approximate surface area is 91.8 Å². The summed E-state index contributed by atoms with van der Waals surface area (Å²) in [6.07, 6.45) is 3.35. The molecule has 0 spiro atoms. The van der Waals surface area contributed by atoms with E-state index in [1.54, 1.807) is 24.3 Å². The molecule has 1 aromatic rings. The molecular formula is C10H9ClFN3. The second kappa shape index (κ2) is 6.06. The Hall–Kier alpha value is -1.51. The van der Waals surface area contributed by atoms with Gasteiger partial charge in [0.2, 0.25) is 0 Å². The lowest BCUT2D eigenvalue weighted by Gasteiger charge is -1.99. The van der Waals surface area contributed by atoms with Gasteiger partial charge in [-0.3, -0.25) is 0 Å². The monoisotopic (exact) mass is 225 g/mol. The van der Waals surface area contributed by atoms with E-state index in [1.807, 2.05) is 0 Å². The van der Waals surface area contributed by atoms with Crippen molar-refractivity contribution in [3.05, 3.63) is 51.7 Å². The lowest BCUT2D eigenvalue weighted by Crippen LogP contribution is -1.86. The Bertz CT molecular complexity index is 411. The zero-order chi connectivity index (χ0) is 11.1. The number of azide groups is 1. The molecule has 0 aliphatic rings. The van der Waals surface area contributed by atoms with Gasteiger partial charge in [-0.2, -0.15) is 0 Å². The van der Waals surface area contributed by atoms with Crippen molar-refractivity contribution in [3.63, 3.8) is 0 Å². The zero-order valence-corrected chi connectivity index (χ0v) is 8.65. The number of rotatable bonds is 4. The third-order valence-electron chi connectivity index (χ3n) is 1.78. The molecule has 3 nitrogen and oxygen atoms in total. The van der Waals surface area contributed by atoms with Crippen LogP contribution in [0.15, 0.2) is 29.4 Å². The molecule has 0 unspecified atom stereocenters. The number of alkyl halides is 1. The molecule has 0 heterocycles. The quantitative estimate of drug-likeness (QED) is 0.323. The van der Waals surface area contributed by atoms with E-state index in [2.05, 4.69) is 10.0 Å². The Morgan fingerprint density at radius 1 is 1.53 bits per heavy atom. The number of benzene rings is 1. The summed E-state index contributed by atoms with van der Waals surface area (Å²) in [7, 11) is 0. The van der Waals surface area contributed by atoms with E-state index in [1.165, 1.54) is 6.07 Å². The van der Waals surface area contributed by atoms with Gasteiger partial charge < -0.3 is 0 Å². The molecule has 0 amide bonds. The molecule has 5 heteroatoms. The Morgan fingerprint density at radius 3 is 2.93 bits per heavy atom. The summed E-state index contributed by atoms with van der Waals surface area (Å²) >= 11 is 5.52. The van der Waals surface area contributed by atoms with Gasteiger partial charge in [0.05, 0.1) is 5.88 Å². The Kier molecular flexibility index (Phi) is 4.68. The molecular weight excluding hydrogens is 217 g/mol. The minimum Gasteiger partial charge on any atom is -0.207 e. The molecule has 0 bridgehead atoms. The first-order valence-electron chi connectivity index (χ1n) is 4.29. The molecule has 15 heavy (non-hydrogen) atoms. The van der Waals surface area contributed by atoms with E-state index < -0.39 is 0 Å². The molecule has 78 valence electrons. The third kappa shape index (κ3) is 3.62. The number of hydrogen-bond donors (Lipinski definition) is 0.